The maximum atomic E-state index is 5.41. The summed E-state index contributed by atoms with van der Waals surface area (Å²) in [7, 11) is 3.67. The molecule has 1 heterocycles. The van der Waals surface area contributed by atoms with Crippen LogP contribution in [0.4, 0.5) is 0 Å². The van der Waals surface area contributed by atoms with Gasteiger partial charge < -0.3 is 14.6 Å². The minimum atomic E-state index is 0.331. The third kappa shape index (κ3) is 2.71. The van der Waals surface area contributed by atoms with Crippen molar-refractivity contribution in [3.63, 3.8) is 0 Å². The molecule has 0 saturated heterocycles. The van der Waals surface area contributed by atoms with E-state index in [0.717, 1.165) is 17.9 Å². The van der Waals surface area contributed by atoms with E-state index >= 15 is 0 Å². The molecule has 1 N–H and O–H groups in total. The fourth-order valence-electron chi connectivity index (χ4n) is 1.94. The summed E-state index contributed by atoms with van der Waals surface area (Å²) in [6.45, 7) is 2.91. The van der Waals surface area contributed by atoms with Crippen molar-refractivity contribution in [2.24, 2.45) is 0 Å². The molecule has 0 amide bonds. The average Bonchev–Trinajstić information content (AvgIpc) is 2.90. The van der Waals surface area contributed by atoms with E-state index in [-0.39, 0.29) is 0 Å². The number of hydrogen-bond acceptors (Lipinski definition) is 3. The molecule has 1 atom stereocenters. The molecule has 1 unspecified atom stereocenters. The summed E-state index contributed by atoms with van der Waals surface area (Å²) in [4.78, 5) is 4.06. The SMILES string of the molecule is CNC(C)c1ccc(OC)c(Cn2ccnc2)c1. The molecule has 0 bridgehead atoms. The Morgan fingerprint density at radius 3 is 2.89 bits per heavy atom. The largest absolute Gasteiger partial charge is 0.496 e. The normalized spacial score (nSPS) is 12.4. The Bertz CT molecular complexity index is 494. The summed E-state index contributed by atoms with van der Waals surface area (Å²) in [6.07, 6.45) is 5.55. The topological polar surface area (TPSA) is 39.1 Å². The van der Waals surface area contributed by atoms with Gasteiger partial charge in [0.15, 0.2) is 0 Å². The van der Waals surface area contributed by atoms with Crippen LogP contribution in [0.2, 0.25) is 0 Å². The molecule has 0 aliphatic carbocycles. The van der Waals surface area contributed by atoms with E-state index < -0.39 is 0 Å². The lowest BCUT2D eigenvalue weighted by Gasteiger charge is -2.15. The van der Waals surface area contributed by atoms with Gasteiger partial charge in [0.25, 0.3) is 0 Å². The summed E-state index contributed by atoms with van der Waals surface area (Å²) < 4.78 is 7.44. The van der Waals surface area contributed by atoms with Crippen molar-refractivity contribution in [3.8, 4) is 5.75 Å². The number of benzene rings is 1. The van der Waals surface area contributed by atoms with E-state index in [2.05, 4.69) is 29.4 Å². The zero-order chi connectivity index (χ0) is 13.0. The van der Waals surface area contributed by atoms with Crippen LogP contribution in [0.5, 0.6) is 5.75 Å². The maximum absolute atomic E-state index is 5.41. The molecule has 4 nitrogen and oxygen atoms in total. The molecule has 96 valence electrons. The van der Waals surface area contributed by atoms with Crippen molar-refractivity contribution in [1.82, 2.24) is 14.9 Å². The van der Waals surface area contributed by atoms with Crippen LogP contribution in [0.25, 0.3) is 0 Å². The minimum Gasteiger partial charge on any atom is -0.496 e. The molecule has 1 aromatic carbocycles. The van der Waals surface area contributed by atoms with Gasteiger partial charge in [-0.3, -0.25) is 0 Å². The van der Waals surface area contributed by atoms with Gasteiger partial charge in [-0.15, -0.1) is 0 Å². The van der Waals surface area contributed by atoms with Crippen molar-refractivity contribution >= 4 is 0 Å². The first-order valence-electron chi connectivity index (χ1n) is 6.04. The first kappa shape index (κ1) is 12.6. The highest BCUT2D eigenvalue weighted by Crippen LogP contribution is 2.24. The van der Waals surface area contributed by atoms with E-state index in [0.29, 0.717) is 6.04 Å². The Labute approximate surface area is 108 Å². The molecule has 0 aliphatic heterocycles. The highest BCUT2D eigenvalue weighted by atomic mass is 16.5. The smallest absolute Gasteiger partial charge is 0.123 e. The second kappa shape index (κ2) is 5.69. The predicted octanol–water partition coefficient (Wildman–Crippen LogP) is 2.22. The summed E-state index contributed by atoms with van der Waals surface area (Å²) in [6, 6.07) is 6.63. The van der Waals surface area contributed by atoms with Crippen LogP contribution in [0.1, 0.15) is 24.1 Å². The maximum Gasteiger partial charge on any atom is 0.123 e. The Kier molecular flexibility index (Phi) is 3.99. The molecular weight excluding hydrogens is 226 g/mol. The predicted molar refractivity (Wildman–Crippen MR) is 71.8 cm³/mol. The molecule has 4 heteroatoms. The monoisotopic (exact) mass is 245 g/mol. The fraction of sp³-hybridized carbons (Fsp3) is 0.357. The summed E-state index contributed by atoms with van der Waals surface area (Å²) in [5.74, 6) is 0.913. The third-order valence-electron chi connectivity index (χ3n) is 3.15. The molecule has 0 saturated carbocycles. The minimum absolute atomic E-state index is 0.331. The van der Waals surface area contributed by atoms with E-state index in [1.807, 2.05) is 30.2 Å². The number of hydrogen-bond donors (Lipinski definition) is 1. The zero-order valence-corrected chi connectivity index (χ0v) is 11.1. The first-order valence-corrected chi connectivity index (χ1v) is 6.04. The molecular formula is C14H19N3O. The van der Waals surface area contributed by atoms with Gasteiger partial charge in [0.05, 0.1) is 20.0 Å². The van der Waals surface area contributed by atoms with Crippen LogP contribution in [0.3, 0.4) is 0 Å². The standard InChI is InChI=1S/C14H19N3O/c1-11(15-2)12-4-5-14(18-3)13(8-12)9-17-7-6-16-10-17/h4-8,10-11,15H,9H2,1-3H3. The first-order chi connectivity index (χ1) is 8.74. The molecule has 0 fully saturated rings. The number of nitrogens with one attached hydrogen (secondary N) is 1. The van der Waals surface area contributed by atoms with Crippen LogP contribution in [0.15, 0.2) is 36.9 Å². The average molecular weight is 245 g/mol. The van der Waals surface area contributed by atoms with Crippen LogP contribution in [-0.2, 0) is 6.54 Å². The summed E-state index contributed by atoms with van der Waals surface area (Å²) in [5.41, 5.74) is 2.42. The van der Waals surface area contributed by atoms with Gasteiger partial charge in [-0.05, 0) is 31.7 Å². The highest BCUT2D eigenvalue weighted by molar-refractivity contribution is 5.38. The Morgan fingerprint density at radius 1 is 1.44 bits per heavy atom. The summed E-state index contributed by atoms with van der Waals surface area (Å²) >= 11 is 0. The van der Waals surface area contributed by atoms with E-state index in [9.17, 15) is 0 Å². The molecule has 0 spiro atoms. The van der Waals surface area contributed by atoms with Gasteiger partial charge in [-0.2, -0.15) is 0 Å². The Morgan fingerprint density at radius 2 is 2.28 bits per heavy atom. The number of methoxy groups -OCH3 is 1. The van der Waals surface area contributed by atoms with E-state index in [1.165, 1.54) is 5.56 Å². The molecule has 1 aromatic heterocycles. The van der Waals surface area contributed by atoms with Crippen molar-refractivity contribution in [2.45, 2.75) is 19.5 Å². The van der Waals surface area contributed by atoms with Crippen LogP contribution in [-0.4, -0.2) is 23.7 Å². The van der Waals surface area contributed by atoms with Crippen molar-refractivity contribution in [3.05, 3.63) is 48.0 Å². The van der Waals surface area contributed by atoms with Gasteiger partial charge >= 0.3 is 0 Å². The number of nitrogens with zero attached hydrogens (tertiary/aromatic N) is 2. The third-order valence-corrected chi connectivity index (χ3v) is 3.15. The molecule has 2 rings (SSSR count). The van der Waals surface area contributed by atoms with Gasteiger partial charge in [0.1, 0.15) is 5.75 Å². The van der Waals surface area contributed by atoms with Crippen LogP contribution in [0, 0.1) is 0 Å². The van der Waals surface area contributed by atoms with Gasteiger partial charge in [0.2, 0.25) is 0 Å². The molecule has 0 radical (unpaired) electrons. The lowest BCUT2D eigenvalue weighted by atomic mass is 10.0. The van der Waals surface area contributed by atoms with Crippen LogP contribution < -0.4 is 10.1 Å². The molecule has 2 aromatic rings. The Balaban J connectivity index is 2.30. The lowest BCUT2D eigenvalue weighted by molar-refractivity contribution is 0.408. The second-order valence-corrected chi connectivity index (χ2v) is 4.32. The highest BCUT2D eigenvalue weighted by Gasteiger charge is 2.08. The number of aromatic nitrogens is 2. The quantitative estimate of drug-likeness (QED) is 0.878. The fourth-order valence-corrected chi connectivity index (χ4v) is 1.94. The second-order valence-electron chi connectivity index (χ2n) is 4.32. The molecule has 18 heavy (non-hydrogen) atoms. The zero-order valence-electron chi connectivity index (χ0n) is 11.1. The summed E-state index contributed by atoms with van der Waals surface area (Å²) in [5, 5.41) is 3.24. The van der Waals surface area contributed by atoms with E-state index in [1.54, 1.807) is 13.3 Å². The van der Waals surface area contributed by atoms with E-state index in [4.69, 9.17) is 4.74 Å². The van der Waals surface area contributed by atoms with Crippen molar-refractivity contribution in [2.75, 3.05) is 14.2 Å². The number of rotatable bonds is 5. The van der Waals surface area contributed by atoms with Crippen molar-refractivity contribution in [1.29, 1.82) is 0 Å². The number of ether oxygens (including phenoxy) is 1. The van der Waals surface area contributed by atoms with Gasteiger partial charge in [-0.1, -0.05) is 6.07 Å². The van der Waals surface area contributed by atoms with Gasteiger partial charge in [-0.25, -0.2) is 4.98 Å². The van der Waals surface area contributed by atoms with Gasteiger partial charge in [0, 0.05) is 24.0 Å². The Hall–Kier alpha value is -1.81. The van der Waals surface area contributed by atoms with Crippen LogP contribution >= 0.6 is 0 Å². The van der Waals surface area contributed by atoms with Crippen molar-refractivity contribution < 1.29 is 4.74 Å². The lowest BCUT2D eigenvalue weighted by Crippen LogP contribution is -2.13. The number of imidazole rings is 1. The molecule has 0 aliphatic rings.